The van der Waals surface area contributed by atoms with Gasteiger partial charge in [-0.05, 0) is 62.2 Å². The highest BCUT2D eigenvalue weighted by atomic mass is 35.5. The van der Waals surface area contributed by atoms with Crippen LogP contribution in [-0.4, -0.2) is 86.5 Å². The van der Waals surface area contributed by atoms with Crippen molar-refractivity contribution in [3.05, 3.63) is 86.3 Å². The Kier molecular flexibility index (Phi) is 8.41. The molecule has 240 valence electrons. The molecule has 0 unspecified atom stereocenters. The van der Waals surface area contributed by atoms with E-state index in [-0.39, 0.29) is 35.1 Å². The van der Waals surface area contributed by atoms with Gasteiger partial charge >= 0.3 is 0 Å². The lowest BCUT2D eigenvalue weighted by Crippen LogP contribution is -2.63. The molecule has 0 bridgehead atoms. The van der Waals surface area contributed by atoms with E-state index in [9.17, 15) is 34.8 Å². The SMILES string of the molecule is CCN(Cc1cc(O)c2c(c1Cl)C[C@H]1C[C@H]3[C@H](N(C)C)C(O)=C(C(N)=O)C(=O)[C@@]3(O)C(O)=C1C2=O)CC(C)(C)c1ccccc1. The number of amides is 1. The number of nitrogens with zero attached hydrogens (tertiary/aromatic N) is 2. The van der Waals surface area contributed by atoms with Crippen molar-refractivity contribution in [1.29, 1.82) is 0 Å². The van der Waals surface area contributed by atoms with Gasteiger partial charge in [0, 0.05) is 35.0 Å². The number of phenolic OH excluding ortho intramolecular Hbond substituents is 1. The molecule has 11 heteroatoms. The van der Waals surface area contributed by atoms with Crippen molar-refractivity contribution in [3.63, 3.8) is 0 Å². The average molecular weight is 638 g/mol. The molecule has 0 heterocycles. The first kappa shape index (κ1) is 32.7. The number of allylic oxidation sites excluding steroid dienone is 1. The predicted molar refractivity (Wildman–Crippen MR) is 169 cm³/mol. The van der Waals surface area contributed by atoms with Crippen LogP contribution in [0, 0.1) is 11.8 Å². The van der Waals surface area contributed by atoms with Crippen molar-refractivity contribution in [1.82, 2.24) is 9.80 Å². The third kappa shape index (κ3) is 5.13. The summed E-state index contributed by atoms with van der Waals surface area (Å²) >= 11 is 6.99. The maximum Gasteiger partial charge on any atom is 0.255 e. The van der Waals surface area contributed by atoms with Crippen LogP contribution in [0.25, 0.3) is 0 Å². The van der Waals surface area contributed by atoms with E-state index in [1.807, 2.05) is 25.1 Å². The van der Waals surface area contributed by atoms with Crippen molar-refractivity contribution < 1.29 is 34.8 Å². The number of carbonyl (C=O) groups excluding carboxylic acids is 3. The zero-order valence-electron chi connectivity index (χ0n) is 26.1. The number of rotatable bonds is 8. The van der Waals surface area contributed by atoms with E-state index in [0.29, 0.717) is 35.8 Å². The van der Waals surface area contributed by atoms with E-state index >= 15 is 0 Å². The number of fused-ring (bicyclic) bond motifs is 3. The van der Waals surface area contributed by atoms with Crippen LogP contribution in [0.2, 0.25) is 5.02 Å². The number of halogens is 1. The normalized spacial score (nSPS) is 25.0. The molecule has 0 aliphatic heterocycles. The molecule has 0 radical (unpaired) electrons. The van der Waals surface area contributed by atoms with Crippen molar-refractivity contribution in [3.8, 4) is 5.75 Å². The lowest BCUT2D eigenvalue weighted by Gasteiger charge is -2.50. The second kappa shape index (κ2) is 11.6. The summed E-state index contributed by atoms with van der Waals surface area (Å²) in [5.74, 6) is -6.92. The van der Waals surface area contributed by atoms with Gasteiger partial charge < -0.3 is 26.2 Å². The first-order valence-electron chi connectivity index (χ1n) is 15.0. The van der Waals surface area contributed by atoms with Gasteiger partial charge in [0.2, 0.25) is 5.78 Å². The number of ketones is 2. The van der Waals surface area contributed by atoms with Gasteiger partial charge in [0.05, 0.1) is 11.6 Å². The first-order valence-corrected chi connectivity index (χ1v) is 15.4. The Morgan fingerprint density at radius 1 is 1.13 bits per heavy atom. The number of nitrogens with two attached hydrogens (primary N) is 1. The summed E-state index contributed by atoms with van der Waals surface area (Å²) < 4.78 is 0. The van der Waals surface area contributed by atoms with E-state index in [2.05, 4.69) is 30.9 Å². The zero-order chi connectivity index (χ0) is 33.2. The number of aliphatic hydroxyl groups excluding tert-OH is 2. The quantitative estimate of drug-likeness (QED) is 0.272. The zero-order valence-corrected chi connectivity index (χ0v) is 26.9. The van der Waals surface area contributed by atoms with Crippen molar-refractivity contribution in [2.24, 2.45) is 17.6 Å². The molecule has 4 atom stereocenters. The molecule has 0 saturated heterocycles. The van der Waals surface area contributed by atoms with Gasteiger partial charge in [-0.3, -0.25) is 24.2 Å². The number of phenols is 1. The molecular weight excluding hydrogens is 598 g/mol. The molecule has 1 amide bonds. The number of hydrogen-bond acceptors (Lipinski definition) is 9. The summed E-state index contributed by atoms with van der Waals surface area (Å²) in [5.41, 5.74) is 3.63. The Morgan fingerprint density at radius 3 is 2.36 bits per heavy atom. The van der Waals surface area contributed by atoms with Crippen molar-refractivity contribution in [2.45, 2.75) is 57.2 Å². The third-order valence-corrected chi connectivity index (χ3v) is 10.2. The van der Waals surface area contributed by atoms with Gasteiger partial charge in [-0.15, -0.1) is 0 Å². The number of primary amides is 1. The molecule has 2 aromatic carbocycles. The highest BCUT2D eigenvalue weighted by Gasteiger charge is 2.63. The van der Waals surface area contributed by atoms with Gasteiger partial charge in [0.25, 0.3) is 5.91 Å². The highest BCUT2D eigenvalue weighted by molar-refractivity contribution is 6.33. The van der Waals surface area contributed by atoms with Crippen LogP contribution in [0.3, 0.4) is 0 Å². The summed E-state index contributed by atoms with van der Waals surface area (Å²) in [5, 5.41) is 45.7. The summed E-state index contributed by atoms with van der Waals surface area (Å²) in [7, 11) is 3.18. The lowest BCUT2D eigenvalue weighted by molar-refractivity contribution is -0.148. The number of Topliss-reactive ketones (excluding diaryl/α,β-unsaturated/α-hetero) is 2. The summed E-state index contributed by atoms with van der Waals surface area (Å²) in [6.07, 6.45) is 0.135. The second-order valence-corrected chi connectivity index (χ2v) is 13.6. The lowest BCUT2D eigenvalue weighted by atomic mass is 9.58. The second-order valence-electron chi connectivity index (χ2n) is 13.2. The molecule has 0 spiro atoms. The minimum absolute atomic E-state index is 0.000565. The maximum absolute atomic E-state index is 14.0. The van der Waals surface area contributed by atoms with Crippen LogP contribution < -0.4 is 5.73 Å². The minimum Gasteiger partial charge on any atom is -0.510 e. The Bertz CT molecular complexity index is 1650. The fourth-order valence-electron chi connectivity index (χ4n) is 7.53. The van der Waals surface area contributed by atoms with Gasteiger partial charge in [-0.2, -0.15) is 0 Å². The first-order chi connectivity index (χ1) is 21.1. The number of hydrogen-bond donors (Lipinski definition) is 5. The minimum atomic E-state index is -2.68. The Labute approximate surface area is 267 Å². The van der Waals surface area contributed by atoms with Crippen LogP contribution in [0.5, 0.6) is 5.75 Å². The molecular formula is C34H40ClN3O7. The average Bonchev–Trinajstić information content (AvgIpc) is 2.97. The van der Waals surface area contributed by atoms with Crippen LogP contribution in [0.1, 0.15) is 54.2 Å². The molecule has 3 aliphatic carbocycles. The molecule has 10 nitrogen and oxygen atoms in total. The number of benzene rings is 2. The number of aliphatic hydroxyl groups is 3. The standard InChI is InChI=1S/C34H40ClN3O7/c1-6-38(16-33(2,3)19-10-8-7-9-11-19)15-18-14-22(39)24-20(26(18)35)12-17-13-21-27(37(4)5)29(41)25(32(36)44)31(43)34(21,45)30(42)23(17)28(24)40/h7-11,14,17,21,27,39,41-42,45H,6,12-13,15-16H2,1-5H3,(H2,36,44)/t17-,21-,27-,34-/m0/s1. The number of carbonyl (C=O) groups is 3. The molecule has 0 saturated carbocycles. The molecule has 2 aromatic rings. The monoisotopic (exact) mass is 637 g/mol. The molecule has 0 fully saturated rings. The van der Waals surface area contributed by atoms with E-state index in [1.165, 1.54) is 16.5 Å². The third-order valence-electron chi connectivity index (χ3n) is 9.75. The number of aromatic hydroxyl groups is 1. The summed E-state index contributed by atoms with van der Waals surface area (Å²) in [4.78, 5) is 43.3. The van der Waals surface area contributed by atoms with Crippen molar-refractivity contribution in [2.75, 3.05) is 27.2 Å². The van der Waals surface area contributed by atoms with Gasteiger partial charge in [0.1, 0.15) is 22.8 Å². The fraction of sp³-hybridized carbons (Fsp3) is 0.441. The van der Waals surface area contributed by atoms with Gasteiger partial charge in [-0.25, -0.2) is 0 Å². The molecule has 6 N–H and O–H groups in total. The van der Waals surface area contributed by atoms with Gasteiger partial charge in [0.15, 0.2) is 11.4 Å². The Balaban J connectivity index is 1.54. The fourth-order valence-corrected chi connectivity index (χ4v) is 7.81. The highest BCUT2D eigenvalue weighted by Crippen LogP contribution is 2.53. The van der Waals surface area contributed by atoms with Crippen LogP contribution in [0.4, 0.5) is 0 Å². The van der Waals surface area contributed by atoms with Crippen LogP contribution in [-0.2, 0) is 28.0 Å². The summed E-state index contributed by atoms with van der Waals surface area (Å²) in [6.45, 7) is 8.19. The largest absolute Gasteiger partial charge is 0.510 e. The molecule has 3 aliphatic rings. The molecule has 45 heavy (non-hydrogen) atoms. The Hall–Kier alpha value is -3.70. The van der Waals surface area contributed by atoms with E-state index in [0.717, 1.165) is 0 Å². The van der Waals surface area contributed by atoms with Crippen molar-refractivity contribution >= 4 is 29.1 Å². The van der Waals surface area contributed by atoms with Crippen LogP contribution >= 0.6 is 11.6 Å². The topological polar surface area (TPSA) is 165 Å². The summed E-state index contributed by atoms with van der Waals surface area (Å²) in [6, 6.07) is 10.6. The molecule has 5 rings (SSSR count). The van der Waals surface area contributed by atoms with E-state index in [1.54, 1.807) is 14.1 Å². The smallest absolute Gasteiger partial charge is 0.255 e. The van der Waals surface area contributed by atoms with E-state index < -0.39 is 58.0 Å². The van der Waals surface area contributed by atoms with Crippen LogP contribution in [0.15, 0.2) is 59.1 Å². The van der Waals surface area contributed by atoms with E-state index in [4.69, 9.17) is 17.3 Å². The molecule has 0 aromatic heterocycles. The predicted octanol–water partition coefficient (Wildman–Crippen LogP) is 3.57. The maximum atomic E-state index is 14.0. The number of likely N-dealkylation sites (N-methyl/N-ethyl adjacent to an activating group) is 2. The van der Waals surface area contributed by atoms with Gasteiger partial charge in [-0.1, -0.05) is 62.7 Å². The Morgan fingerprint density at radius 2 is 1.78 bits per heavy atom.